The molecule has 0 saturated carbocycles. The Morgan fingerprint density at radius 1 is 1.32 bits per heavy atom. The van der Waals surface area contributed by atoms with Crippen molar-refractivity contribution in [2.24, 2.45) is 0 Å². The first-order valence-corrected chi connectivity index (χ1v) is 10.5. The zero-order valence-electron chi connectivity index (χ0n) is 11.5. The van der Waals surface area contributed by atoms with Crippen LogP contribution in [0.5, 0.6) is 0 Å². The Morgan fingerprint density at radius 2 is 2.05 bits per heavy atom. The third kappa shape index (κ3) is 3.81. The molecular weight excluding hydrogens is 281 g/mol. The van der Waals surface area contributed by atoms with Crippen molar-refractivity contribution in [3.8, 4) is 0 Å². The highest BCUT2D eigenvalue weighted by Crippen LogP contribution is 2.26. The van der Waals surface area contributed by atoms with Crippen LogP contribution >= 0.6 is 11.6 Å². The number of fused-ring (bicyclic) bond motifs is 1. The van der Waals surface area contributed by atoms with E-state index in [1.54, 1.807) is 0 Å². The number of hydrogen-bond donors (Lipinski definition) is 0. The van der Waals surface area contributed by atoms with Crippen molar-refractivity contribution < 1.29 is 9.13 Å². The SMILES string of the molecule is C[Si](C)(C)CCOCn1ccc2cc(F)cc(Cl)c21. The first kappa shape index (κ1) is 14.6. The summed E-state index contributed by atoms with van der Waals surface area (Å²) in [6.07, 6.45) is 1.88. The molecule has 2 aromatic rings. The van der Waals surface area contributed by atoms with E-state index in [0.29, 0.717) is 11.8 Å². The fraction of sp³-hybridized carbons (Fsp3) is 0.429. The van der Waals surface area contributed by atoms with Gasteiger partial charge in [-0.05, 0) is 24.2 Å². The number of benzene rings is 1. The van der Waals surface area contributed by atoms with E-state index in [9.17, 15) is 4.39 Å². The summed E-state index contributed by atoms with van der Waals surface area (Å²) in [5.74, 6) is -0.310. The molecule has 0 aliphatic rings. The molecule has 0 amide bonds. The van der Waals surface area contributed by atoms with E-state index in [0.717, 1.165) is 23.6 Å². The van der Waals surface area contributed by atoms with Crippen LogP contribution in [-0.2, 0) is 11.5 Å². The van der Waals surface area contributed by atoms with Gasteiger partial charge in [-0.15, -0.1) is 0 Å². The Morgan fingerprint density at radius 3 is 2.74 bits per heavy atom. The van der Waals surface area contributed by atoms with Crippen molar-refractivity contribution in [1.29, 1.82) is 0 Å². The Kier molecular flexibility index (Phi) is 4.33. The Balaban J connectivity index is 2.06. The van der Waals surface area contributed by atoms with Crippen LogP contribution in [0.25, 0.3) is 10.9 Å². The van der Waals surface area contributed by atoms with Crippen molar-refractivity contribution in [3.05, 3.63) is 35.2 Å². The summed E-state index contributed by atoms with van der Waals surface area (Å²) in [4.78, 5) is 0. The Bertz CT molecular complexity index is 577. The van der Waals surface area contributed by atoms with E-state index in [1.165, 1.54) is 12.1 Å². The monoisotopic (exact) mass is 299 g/mol. The van der Waals surface area contributed by atoms with E-state index in [4.69, 9.17) is 16.3 Å². The van der Waals surface area contributed by atoms with Gasteiger partial charge in [0, 0.05) is 26.3 Å². The average molecular weight is 300 g/mol. The highest BCUT2D eigenvalue weighted by atomic mass is 35.5. The predicted octanol–water partition coefficient (Wildman–Crippen LogP) is 4.75. The lowest BCUT2D eigenvalue weighted by Gasteiger charge is -2.16. The zero-order valence-corrected chi connectivity index (χ0v) is 13.3. The predicted molar refractivity (Wildman–Crippen MR) is 81.0 cm³/mol. The van der Waals surface area contributed by atoms with Gasteiger partial charge in [-0.2, -0.15) is 0 Å². The largest absolute Gasteiger partial charge is 0.361 e. The van der Waals surface area contributed by atoms with Crippen molar-refractivity contribution >= 4 is 30.6 Å². The third-order valence-electron chi connectivity index (χ3n) is 3.01. The summed E-state index contributed by atoms with van der Waals surface area (Å²) < 4.78 is 20.8. The lowest BCUT2D eigenvalue weighted by atomic mass is 10.2. The molecule has 1 heterocycles. The quantitative estimate of drug-likeness (QED) is 0.574. The van der Waals surface area contributed by atoms with Gasteiger partial charge in [-0.3, -0.25) is 0 Å². The Labute approximate surface area is 119 Å². The maximum atomic E-state index is 13.2. The number of hydrogen-bond acceptors (Lipinski definition) is 1. The molecule has 19 heavy (non-hydrogen) atoms. The van der Waals surface area contributed by atoms with Crippen LogP contribution in [0, 0.1) is 5.82 Å². The topological polar surface area (TPSA) is 14.2 Å². The van der Waals surface area contributed by atoms with Crippen LogP contribution in [0.4, 0.5) is 4.39 Å². The maximum absolute atomic E-state index is 13.2. The second-order valence-electron chi connectivity index (χ2n) is 5.96. The molecular formula is C14H19ClFNOSi. The van der Waals surface area contributed by atoms with Gasteiger partial charge in [0.25, 0.3) is 0 Å². The number of halogens is 2. The van der Waals surface area contributed by atoms with Crippen molar-refractivity contribution in [2.45, 2.75) is 32.4 Å². The van der Waals surface area contributed by atoms with Gasteiger partial charge in [0.2, 0.25) is 0 Å². The lowest BCUT2D eigenvalue weighted by Crippen LogP contribution is -2.21. The average Bonchev–Trinajstić information content (AvgIpc) is 2.66. The fourth-order valence-corrected chi connectivity index (χ4v) is 2.99. The van der Waals surface area contributed by atoms with Gasteiger partial charge in [0.1, 0.15) is 12.5 Å². The van der Waals surface area contributed by atoms with E-state index in [1.807, 2.05) is 16.8 Å². The van der Waals surface area contributed by atoms with Gasteiger partial charge < -0.3 is 9.30 Å². The molecule has 0 spiro atoms. The molecule has 0 atom stereocenters. The molecule has 1 aromatic heterocycles. The van der Waals surface area contributed by atoms with E-state index < -0.39 is 8.07 Å². The first-order valence-electron chi connectivity index (χ1n) is 6.38. The minimum Gasteiger partial charge on any atom is -0.361 e. The second-order valence-corrected chi connectivity index (χ2v) is 12.0. The molecule has 2 nitrogen and oxygen atoms in total. The standard InChI is InChI=1S/C14H19ClFNOSi/c1-19(2,3)7-6-18-10-17-5-4-11-8-12(16)9-13(15)14(11)17/h4-5,8-9H,6-7,10H2,1-3H3. The van der Waals surface area contributed by atoms with E-state index in [-0.39, 0.29) is 5.82 Å². The summed E-state index contributed by atoms with van der Waals surface area (Å²) in [5.41, 5.74) is 0.830. The number of nitrogens with zero attached hydrogens (tertiary/aromatic N) is 1. The van der Waals surface area contributed by atoms with Gasteiger partial charge in [0.15, 0.2) is 0 Å². The number of ether oxygens (including phenoxy) is 1. The fourth-order valence-electron chi connectivity index (χ4n) is 1.91. The molecule has 0 unspecified atom stereocenters. The van der Waals surface area contributed by atoms with Crippen LogP contribution in [0.3, 0.4) is 0 Å². The summed E-state index contributed by atoms with van der Waals surface area (Å²) in [6, 6.07) is 5.81. The highest BCUT2D eigenvalue weighted by Gasteiger charge is 2.12. The lowest BCUT2D eigenvalue weighted by molar-refractivity contribution is 0.0902. The molecule has 1 aromatic carbocycles. The van der Waals surface area contributed by atoms with E-state index >= 15 is 0 Å². The molecule has 0 bridgehead atoms. The molecule has 104 valence electrons. The third-order valence-corrected chi connectivity index (χ3v) is 5.00. The number of rotatable bonds is 5. The zero-order chi connectivity index (χ0) is 14.0. The van der Waals surface area contributed by atoms with Crippen LogP contribution in [0.1, 0.15) is 0 Å². The van der Waals surface area contributed by atoms with Gasteiger partial charge in [0.05, 0.1) is 10.5 Å². The number of aromatic nitrogens is 1. The summed E-state index contributed by atoms with van der Waals surface area (Å²) in [7, 11) is -1.06. The van der Waals surface area contributed by atoms with Gasteiger partial charge in [-0.25, -0.2) is 4.39 Å². The highest BCUT2D eigenvalue weighted by molar-refractivity contribution is 6.76. The van der Waals surface area contributed by atoms with Crippen LogP contribution < -0.4 is 0 Å². The van der Waals surface area contributed by atoms with Crippen molar-refractivity contribution in [3.63, 3.8) is 0 Å². The smallest absolute Gasteiger partial charge is 0.125 e. The summed E-state index contributed by atoms with van der Waals surface area (Å²) in [6.45, 7) is 8.18. The van der Waals surface area contributed by atoms with Crippen molar-refractivity contribution in [2.75, 3.05) is 6.61 Å². The molecule has 0 aliphatic carbocycles. The minimum atomic E-state index is -1.06. The maximum Gasteiger partial charge on any atom is 0.125 e. The van der Waals surface area contributed by atoms with Crippen LogP contribution in [-0.4, -0.2) is 19.2 Å². The normalized spacial score (nSPS) is 12.3. The molecule has 0 saturated heterocycles. The summed E-state index contributed by atoms with van der Waals surface area (Å²) >= 11 is 6.08. The molecule has 0 N–H and O–H groups in total. The molecule has 0 radical (unpaired) electrons. The van der Waals surface area contributed by atoms with Gasteiger partial charge >= 0.3 is 0 Å². The molecule has 0 fully saturated rings. The summed E-state index contributed by atoms with van der Waals surface area (Å²) in [5, 5.41) is 1.23. The van der Waals surface area contributed by atoms with Crippen LogP contribution in [0.2, 0.25) is 30.7 Å². The van der Waals surface area contributed by atoms with E-state index in [2.05, 4.69) is 19.6 Å². The first-order chi connectivity index (χ1) is 8.87. The van der Waals surface area contributed by atoms with Crippen LogP contribution in [0.15, 0.2) is 24.4 Å². The minimum absolute atomic E-state index is 0.310. The van der Waals surface area contributed by atoms with Gasteiger partial charge in [-0.1, -0.05) is 31.2 Å². The molecule has 5 heteroatoms. The molecule has 0 aliphatic heterocycles. The molecule has 2 rings (SSSR count). The Hall–Kier alpha value is -0.843. The van der Waals surface area contributed by atoms with Crippen molar-refractivity contribution in [1.82, 2.24) is 4.57 Å². The second kappa shape index (κ2) is 5.65.